The van der Waals surface area contributed by atoms with Crippen LogP contribution in [-0.2, 0) is 4.74 Å². The number of fused-ring (bicyclic) bond motifs is 1. The third-order valence-corrected chi connectivity index (χ3v) is 3.91. The smallest absolute Gasteiger partial charge is 0.344 e. The van der Waals surface area contributed by atoms with Crippen LogP contribution in [0.3, 0.4) is 0 Å². The first-order valence-electron chi connectivity index (χ1n) is 6.02. The zero-order valence-corrected chi connectivity index (χ0v) is 11.6. The van der Waals surface area contributed by atoms with Crippen LogP contribution in [0.2, 0.25) is 0 Å². The summed E-state index contributed by atoms with van der Waals surface area (Å²) in [6.45, 7) is 0.498. The number of nitrogens with one attached hydrogen (secondary N) is 1. The van der Waals surface area contributed by atoms with Gasteiger partial charge in [-0.2, -0.15) is 4.37 Å². The topological polar surface area (TPSA) is 86.5 Å². The lowest BCUT2D eigenvalue weighted by Crippen LogP contribution is -2.14. The van der Waals surface area contributed by atoms with E-state index in [2.05, 4.69) is 9.69 Å². The maximum absolute atomic E-state index is 11.7. The molecule has 1 aromatic heterocycles. The first-order chi connectivity index (χ1) is 9.70. The summed E-state index contributed by atoms with van der Waals surface area (Å²) < 4.78 is 14.3. The van der Waals surface area contributed by atoms with E-state index < -0.39 is 5.97 Å². The van der Waals surface area contributed by atoms with Crippen molar-refractivity contribution in [2.24, 2.45) is 0 Å². The van der Waals surface area contributed by atoms with Gasteiger partial charge in [0.15, 0.2) is 5.82 Å². The van der Waals surface area contributed by atoms with Crippen molar-refractivity contribution in [3.05, 3.63) is 35.4 Å². The number of esters is 1. The molecule has 0 bridgehead atoms. The summed E-state index contributed by atoms with van der Waals surface area (Å²) in [5.74, 6) is 0.532. The van der Waals surface area contributed by atoms with Crippen LogP contribution >= 0.6 is 11.5 Å². The number of methoxy groups -OCH3 is 1. The van der Waals surface area contributed by atoms with E-state index in [0.29, 0.717) is 11.6 Å². The Labute approximate surface area is 119 Å². The number of aromatic nitrogens is 1. The van der Waals surface area contributed by atoms with Crippen molar-refractivity contribution in [1.82, 2.24) is 4.37 Å². The highest BCUT2D eigenvalue weighted by molar-refractivity contribution is 7.11. The quantitative estimate of drug-likeness (QED) is 0.842. The number of nitrogens with zero attached hydrogens (tertiary/aromatic N) is 1. The summed E-state index contributed by atoms with van der Waals surface area (Å²) >= 11 is 1.14. The molecule has 20 heavy (non-hydrogen) atoms. The predicted molar refractivity (Wildman–Crippen MR) is 76.2 cm³/mol. The number of para-hydroxylation sites is 1. The Morgan fingerprint density at radius 2 is 2.35 bits per heavy atom. The second-order valence-electron chi connectivity index (χ2n) is 4.31. The second kappa shape index (κ2) is 5.01. The van der Waals surface area contributed by atoms with Gasteiger partial charge in [0.2, 0.25) is 0 Å². The van der Waals surface area contributed by atoms with Crippen LogP contribution in [-0.4, -0.2) is 24.1 Å². The maximum Gasteiger partial charge on any atom is 0.344 e. The molecule has 1 aliphatic rings. The number of hydrogen-bond acceptors (Lipinski definition) is 7. The molecule has 1 aliphatic heterocycles. The second-order valence-corrected chi connectivity index (χ2v) is 5.08. The number of anilines is 2. The number of nitrogen functional groups attached to an aromatic ring is 1. The molecule has 3 rings (SSSR count). The van der Waals surface area contributed by atoms with Gasteiger partial charge >= 0.3 is 5.97 Å². The van der Waals surface area contributed by atoms with E-state index in [-0.39, 0.29) is 17.4 Å². The van der Waals surface area contributed by atoms with E-state index in [0.717, 1.165) is 22.8 Å². The molecule has 0 radical (unpaired) electrons. The zero-order valence-electron chi connectivity index (χ0n) is 10.8. The Morgan fingerprint density at radius 3 is 3.15 bits per heavy atom. The van der Waals surface area contributed by atoms with Crippen LogP contribution in [0.25, 0.3) is 0 Å². The van der Waals surface area contributed by atoms with Gasteiger partial charge in [0.25, 0.3) is 0 Å². The van der Waals surface area contributed by atoms with E-state index in [4.69, 9.17) is 15.2 Å². The molecule has 104 valence electrons. The third-order valence-electron chi connectivity index (χ3n) is 3.11. The summed E-state index contributed by atoms with van der Waals surface area (Å²) in [5.41, 5.74) is 7.04. The van der Waals surface area contributed by atoms with Crippen molar-refractivity contribution < 1.29 is 14.3 Å². The molecule has 2 heterocycles. The average Bonchev–Trinajstić information content (AvgIpc) is 3.03. The predicted octanol–water partition coefficient (Wildman–Crippen LogP) is 2.06. The Bertz CT molecular complexity index is 656. The van der Waals surface area contributed by atoms with Gasteiger partial charge in [0, 0.05) is 5.56 Å². The van der Waals surface area contributed by atoms with Gasteiger partial charge in [-0.1, -0.05) is 18.2 Å². The molecule has 6 nitrogen and oxygen atoms in total. The lowest BCUT2D eigenvalue weighted by Gasteiger charge is -2.12. The molecule has 1 aromatic carbocycles. The van der Waals surface area contributed by atoms with Gasteiger partial charge in [0.1, 0.15) is 22.9 Å². The van der Waals surface area contributed by atoms with Crippen LogP contribution in [0.4, 0.5) is 10.8 Å². The number of benzene rings is 1. The highest BCUT2D eigenvalue weighted by Gasteiger charge is 2.27. The third kappa shape index (κ3) is 2.05. The molecule has 2 aromatic rings. The van der Waals surface area contributed by atoms with Crippen LogP contribution in [0.15, 0.2) is 24.3 Å². The fraction of sp³-hybridized carbons (Fsp3) is 0.231. The van der Waals surface area contributed by atoms with E-state index in [1.165, 1.54) is 7.11 Å². The van der Waals surface area contributed by atoms with Crippen LogP contribution in [0.5, 0.6) is 5.75 Å². The molecule has 0 fully saturated rings. The lowest BCUT2D eigenvalue weighted by atomic mass is 10.1. The van der Waals surface area contributed by atoms with Crippen LogP contribution in [0.1, 0.15) is 22.0 Å². The Kier molecular flexibility index (Phi) is 3.19. The van der Waals surface area contributed by atoms with E-state index in [9.17, 15) is 4.79 Å². The van der Waals surface area contributed by atoms with Crippen molar-refractivity contribution in [2.75, 3.05) is 24.8 Å². The molecule has 0 amide bonds. The molecule has 7 heteroatoms. The number of hydrogen-bond donors (Lipinski definition) is 2. The molecule has 0 aliphatic carbocycles. The summed E-state index contributed by atoms with van der Waals surface area (Å²) in [5, 5.41) is 3.85. The number of carbonyl (C=O) groups excluding carboxylic acids is 1. The fourth-order valence-electron chi connectivity index (χ4n) is 2.14. The molecule has 1 unspecified atom stereocenters. The molecule has 1 atom stereocenters. The summed E-state index contributed by atoms with van der Waals surface area (Å²) in [6, 6.07) is 7.74. The standard InChI is InChI=1S/C13H13N3O3S/c1-18-13(17)10-11(14)16-20-12(10)15-8-6-19-9-5-3-2-4-7(8)9/h2-5,8,15H,6H2,1H3,(H2,14,16). The molecule has 0 spiro atoms. The lowest BCUT2D eigenvalue weighted by molar-refractivity contribution is 0.0603. The highest BCUT2D eigenvalue weighted by atomic mass is 32.1. The van der Waals surface area contributed by atoms with Crippen molar-refractivity contribution in [3.8, 4) is 5.75 Å². The van der Waals surface area contributed by atoms with Gasteiger partial charge in [-0.15, -0.1) is 0 Å². The summed E-state index contributed by atoms with van der Waals surface area (Å²) in [4.78, 5) is 11.7. The molecule has 0 saturated carbocycles. The van der Waals surface area contributed by atoms with E-state index in [1.807, 2.05) is 24.3 Å². The number of nitrogens with two attached hydrogens (primary N) is 1. The first kappa shape index (κ1) is 12.7. The van der Waals surface area contributed by atoms with Gasteiger partial charge in [0.05, 0.1) is 13.2 Å². The summed E-state index contributed by atoms with van der Waals surface area (Å²) in [6.07, 6.45) is 0. The Morgan fingerprint density at radius 1 is 1.55 bits per heavy atom. The van der Waals surface area contributed by atoms with Crippen LogP contribution < -0.4 is 15.8 Å². The van der Waals surface area contributed by atoms with Crippen LogP contribution in [0, 0.1) is 0 Å². The molecular weight excluding hydrogens is 278 g/mol. The Hall–Kier alpha value is -2.28. The minimum Gasteiger partial charge on any atom is -0.491 e. The monoisotopic (exact) mass is 291 g/mol. The van der Waals surface area contributed by atoms with Crippen molar-refractivity contribution >= 4 is 28.3 Å². The number of carbonyl (C=O) groups is 1. The normalized spacial score (nSPS) is 16.4. The molecule has 3 N–H and O–H groups in total. The number of ether oxygens (including phenoxy) is 2. The molecular formula is C13H13N3O3S. The average molecular weight is 291 g/mol. The maximum atomic E-state index is 11.7. The zero-order chi connectivity index (χ0) is 14.1. The fourth-order valence-corrected chi connectivity index (χ4v) is 2.90. The van der Waals surface area contributed by atoms with E-state index in [1.54, 1.807) is 0 Å². The van der Waals surface area contributed by atoms with Gasteiger partial charge in [-0.3, -0.25) is 0 Å². The van der Waals surface area contributed by atoms with Crippen molar-refractivity contribution in [1.29, 1.82) is 0 Å². The highest BCUT2D eigenvalue weighted by Crippen LogP contribution is 2.37. The van der Waals surface area contributed by atoms with E-state index >= 15 is 0 Å². The minimum atomic E-state index is -0.494. The first-order valence-corrected chi connectivity index (χ1v) is 6.79. The number of rotatable bonds is 3. The largest absolute Gasteiger partial charge is 0.491 e. The van der Waals surface area contributed by atoms with Gasteiger partial charge < -0.3 is 20.5 Å². The van der Waals surface area contributed by atoms with Gasteiger partial charge in [-0.05, 0) is 17.6 Å². The minimum absolute atomic E-state index is 0.0329. The van der Waals surface area contributed by atoms with Gasteiger partial charge in [-0.25, -0.2) is 4.79 Å². The Balaban J connectivity index is 1.88. The van der Waals surface area contributed by atoms with Crippen molar-refractivity contribution in [3.63, 3.8) is 0 Å². The SMILES string of the molecule is COC(=O)c1c(N)nsc1NC1COc2ccccc21. The van der Waals surface area contributed by atoms with Crippen molar-refractivity contribution in [2.45, 2.75) is 6.04 Å². The summed E-state index contributed by atoms with van der Waals surface area (Å²) in [7, 11) is 1.32. The molecule has 0 saturated heterocycles.